The van der Waals surface area contributed by atoms with Crippen molar-refractivity contribution < 1.29 is 54.3 Å². The van der Waals surface area contributed by atoms with Gasteiger partial charge in [0.15, 0.2) is 6.29 Å². The van der Waals surface area contributed by atoms with E-state index in [4.69, 9.17) is 23.7 Å². The lowest BCUT2D eigenvalue weighted by atomic mass is 9.98. The van der Waals surface area contributed by atoms with Gasteiger partial charge in [0.1, 0.15) is 54.2 Å². The smallest absolute Gasteiger partial charge is 0.228 e. The fourth-order valence-electron chi connectivity index (χ4n) is 3.17. The fourth-order valence-corrected chi connectivity index (χ4v) is 3.17. The van der Waals surface area contributed by atoms with Gasteiger partial charge in [-0.2, -0.15) is 0 Å². The highest BCUT2D eigenvalue weighted by Crippen LogP contribution is 2.28. The molecule has 2 saturated heterocycles. The van der Waals surface area contributed by atoms with Gasteiger partial charge in [-0.05, 0) is 24.3 Å². The van der Waals surface area contributed by atoms with E-state index < -0.39 is 61.9 Å². The molecule has 0 unspecified atom stereocenters. The van der Waals surface area contributed by atoms with Crippen LogP contribution in [-0.2, 0) is 14.2 Å². The molecule has 1 aromatic rings. The molecule has 3 rings (SSSR count). The largest absolute Gasteiger partial charge is 0.497 e. The molecule has 9 atom stereocenters. The van der Waals surface area contributed by atoms with Crippen LogP contribution in [0.3, 0.4) is 0 Å². The van der Waals surface area contributed by atoms with Crippen LogP contribution in [0, 0.1) is 0 Å². The van der Waals surface area contributed by atoms with E-state index in [1.807, 2.05) is 0 Å². The van der Waals surface area contributed by atoms with Crippen molar-refractivity contribution in [3.05, 3.63) is 24.3 Å². The predicted molar refractivity (Wildman–Crippen MR) is 94.0 cm³/mol. The Morgan fingerprint density at radius 2 is 1.55 bits per heavy atom. The van der Waals surface area contributed by atoms with Crippen molar-refractivity contribution in [1.29, 1.82) is 0 Å². The SMILES string of the molecule is COc1ccc(O[C@@H]2OC[C@H](O)[C@H](O[C@@H]3O[C@H](CO)[C@H](O)[C@H](O)[C@H]3O)[C@@H]2O)cc1. The summed E-state index contributed by atoms with van der Waals surface area (Å²) in [5.41, 5.74) is 0. The van der Waals surface area contributed by atoms with Crippen molar-refractivity contribution in [2.24, 2.45) is 0 Å². The van der Waals surface area contributed by atoms with Crippen LogP contribution in [-0.4, -0.2) is 106 Å². The van der Waals surface area contributed by atoms with E-state index in [1.165, 1.54) is 7.11 Å². The lowest BCUT2D eigenvalue weighted by Gasteiger charge is -2.44. The van der Waals surface area contributed by atoms with Gasteiger partial charge in [-0.15, -0.1) is 0 Å². The number of rotatable bonds is 6. The minimum atomic E-state index is -1.67. The molecule has 2 heterocycles. The second-order valence-corrected chi connectivity index (χ2v) is 6.85. The zero-order valence-electron chi connectivity index (χ0n) is 15.6. The van der Waals surface area contributed by atoms with Gasteiger partial charge in [-0.1, -0.05) is 0 Å². The Bertz CT molecular complexity index is 639. The van der Waals surface area contributed by atoms with Crippen molar-refractivity contribution in [1.82, 2.24) is 0 Å². The molecular formula is C18H26O11. The molecular weight excluding hydrogens is 392 g/mol. The number of aliphatic hydroxyl groups excluding tert-OH is 6. The first-order valence-corrected chi connectivity index (χ1v) is 9.10. The summed E-state index contributed by atoms with van der Waals surface area (Å²) in [4.78, 5) is 0. The van der Waals surface area contributed by atoms with Crippen LogP contribution in [0.25, 0.3) is 0 Å². The van der Waals surface area contributed by atoms with Gasteiger partial charge in [0, 0.05) is 0 Å². The van der Waals surface area contributed by atoms with E-state index in [0.29, 0.717) is 11.5 Å². The molecule has 0 aromatic heterocycles. The summed E-state index contributed by atoms with van der Waals surface area (Å²) in [6, 6.07) is 6.52. The molecule has 29 heavy (non-hydrogen) atoms. The van der Waals surface area contributed by atoms with Gasteiger partial charge in [0.25, 0.3) is 0 Å². The Labute approximate surface area is 166 Å². The summed E-state index contributed by atoms with van der Waals surface area (Å²) in [6.45, 7) is -0.868. The van der Waals surface area contributed by atoms with E-state index >= 15 is 0 Å². The minimum Gasteiger partial charge on any atom is -0.497 e. The second kappa shape index (κ2) is 9.51. The summed E-state index contributed by atoms with van der Waals surface area (Å²) in [5, 5.41) is 59.8. The van der Waals surface area contributed by atoms with Crippen LogP contribution < -0.4 is 9.47 Å². The van der Waals surface area contributed by atoms with Crippen LogP contribution in [0.4, 0.5) is 0 Å². The third kappa shape index (κ3) is 4.79. The van der Waals surface area contributed by atoms with Gasteiger partial charge >= 0.3 is 0 Å². The van der Waals surface area contributed by atoms with Crippen LogP contribution in [0.2, 0.25) is 0 Å². The first-order valence-electron chi connectivity index (χ1n) is 9.10. The van der Waals surface area contributed by atoms with E-state index in [2.05, 4.69) is 0 Å². The maximum atomic E-state index is 10.6. The lowest BCUT2D eigenvalue weighted by molar-refractivity contribution is -0.343. The van der Waals surface area contributed by atoms with Crippen LogP contribution in [0.1, 0.15) is 0 Å². The molecule has 6 N–H and O–H groups in total. The first kappa shape index (κ1) is 22.2. The van der Waals surface area contributed by atoms with E-state index in [-0.39, 0.29) is 6.61 Å². The van der Waals surface area contributed by atoms with Crippen molar-refractivity contribution in [2.75, 3.05) is 20.3 Å². The van der Waals surface area contributed by atoms with Crippen LogP contribution >= 0.6 is 0 Å². The predicted octanol–water partition coefficient (Wildman–Crippen LogP) is -2.66. The van der Waals surface area contributed by atoms with Gasteiger partial charge in [0.05, 0.1) is 20.3 Å². The molecule has 0 amide bonds. The molecule has 2 fully saturated rings. The molecule has 0 bridgehead atoms. The molecule has 164 valence electrons. The monoisotopic (exact) mass is 418 g/mol. The molecule has 1 aromatic carbocycles. The number of aliphatic hydroxyl groups is 6. The van der Waals surface area contributed by atoms with Gasteiger partial charge in [-0.25, -0.2) is 0 Å². The minimum absolute atomic E-state index is 0.236. The zero-order valence-corrected chi connectivity index (χ0v) is 15.6. The van der Waals surface area contributed by atoms with Gasteiger partial charge < -0.3 is 54.3 Å². The second-order valence-electron chi connectivity index (χ2n) is 6.85. The van der Waals surface area contributed by atoms with Gasteiger partial charge in [-0.3, -0.25) is 0 Å². The van der Waals surface area contributed by atoms with Crippen LogP contribution in [0.5, 0.6) is 11.5 Å². The number of ether oxygens (including phenoxy) is 5. The Balaban J connectivity index is 1.67. The standard InChI is InChI=1S/C18H26O11/c1-25-8-2-4-9(5-3-8)27-17-15(24)16(10(20)7-26-17)29-18-14(23)13(22)12(21)11(6-19)28-18/h2-5,10-24H,6-7H2,1H3/t10-,11+,12-,13-,14+,15-,16-,17-,18-/m0/s1. The maximum absolute atomic E-state index is 10.6. The quantitative estimate of drug-likeness (QED) is 0.285. The molecule has 0 spiro atoms. The van der Waals surface area contributed by atoms with Crippen molar-refractivity contribution >= 4 is 0 Å². The topological polar surface area (TPSA) is 168 Å². The highest BCUT2D eigenvalue weighted by molar-refractivity contribution is 5.31. The summed E-state index contributed by atoms with van der Waals surface area (Å²) < 4.78 is 26.7. The fraction of sp³-hybridized carbons (Fsp3) is 0.667. The Morgan fingerprint density at radius 1 is 0.897 bits per heavy atom. The third-order valence-electron chi connectivity index (χ3n) is 4.88. The Hall–Kier alpha value is -1.54. The number of benzene rings is 1. The first-order chi connectivity index (χ1) is 13.8. The van der Waals surface area contributed by atoms with E-state index in [0.717, 1.165) is 0 Å². The maximum Gasteiger partial charge on any atom is 0.228 e. The van der Waals surface area contributed by atoms with E-state index in [9.17, 15) is 30.6 Å². The average Bonchev–Trinajstić information content (AvgIpc) is 2.73. The Kier molecular flexibility index (Phi) is 7.27. The van der Waals surface area contributed by atoms with Crippen molar-refractivity contribution in [2.45, 2.75) is 55.3 Å². The Morgan fingerprint density at radius 3 is 2.17 bits per heavy atom. The molecule has 2 aliphatic heterocycles. The van der Waals surface area contributed by atoms with E-state index in [1.54, 1.807) is 24.3 Å². The molecule has 0 aliphatic carbocycles. The lowest BCUT2D eigenvalue weighted by Crippen LogP contribution is -2.63. The normalized spacial score (nSPS) is 40.4. The van der Waals surface area contributed by atoms with Crippen molar-refractivity contribution in [3.8, 4) is 11.5 Å². The summed E-state index contributed by atoms with van der Waals surface area (Å²) >= 11 is 0. The molecule has 0 saturated carbocycles. The third-order valence-corrected chi connectivity index (χ3v) is 4.88. The molecule has 0 radical (unpaired) electrons. The zero-order chi connectivity index (χ0) is 21.1. The number of hydrogen-bond donors (Lipinski definition) is 6. The highest BCUT2D eigenvalue weighted by Gasteiger charge is 2.48. The highest BCUT2D eigenvalue weighted by atomic mass is 16.7. The molecule has 11 heteroatoms. The molecule has 11 nitrogen and oxygen atoms in total. The average molecular weight is 418 g/mol. The summed E-state index contributed by atoms with van der Waals surface area (Å²) in [6.07, 6.45) is -12.8. The van der Waals surface area contributed by atoms with Crippen LogP contribution in [0.15, 0.2) is 24.3 Å². The number of hydrogen-bond acceptors (Lipinski definition) is 11. The van der Waals surface area contributed by atoms with Gasteiger partial charge in [0.2, 0.25) is 6.29 Å². The number of methoxy groups -OCH3 is 1. The summed E-state index contributed by atoms with van der Waals surface area (Å²) in [5.74, 6) is 0.986. The summed E-state index contributed by atoms with van der Waals surface area (Å²) in [7, 11) is 1.52. The molecule has 2 aliphatic rings. The van der Waals surface area contributed by atoms with Crippen molar-refractivity contribution in [3.63, 3.8) is 0 Å².